The lowest BCUT2D eigenvalue weighted by molar-refractivity contribution is 0.146. The van der Waals surface area contributed by atoms with Crippen molar-refractivity contribution in [3.8, 4) is 0 Å². The van der Waals surface area contributed by atoms with Crippen molar-refractivity contribution in [3.05, 3.63) is 12.7 Å². The molecule has 0 aromatic rings. The van der Waals surface area contributed by atoms with E-state index in [0.717, 1.165) is 12.1 Å². The van der Waals surface area contributed by atoms with Crippen LogP contribution in [-0.2, 0) is 0 Å². The van der Waals surface area contributed by atoms with Crippen LogP contribution in [-0.4, -0.2) is 27.5 Å². The van der Waals surface area contributed by atoms with E-state index in [1.165, 1.54) is 38.6 Å². The van der Waals surface area contributed by atoms with Crippen LogP contribution in [0.5, 0.6) is 0 Å². The summed E-state index contributed by atoms with van der Waals surface area (Å²) in [6.07, 6.45) is 9.32. The number of alkyl halides is 1. The normalized spacial score (nSPS) is 36.1. The van der Waals surface area contributed by atoms with Crippen LogP contribution in [0.4, 0.5) is 0 Å². The Morgan fingerprint density at radius 1 is 1.31 bits per heavy atom. The number of hydrogen-bond acceptors (Lipinski definition) is 1. The molecule has 1 nitrogen and oxygen atoms in total. The molecule has 3 atom stereocenters. The van der Waals surface area contributed by atoms with E-state index in [1.807, 2.05) is 0 Å². The maximum absolute atomic E-state index is 3.86. The molecule has 2 rings (SSSR count). The van der Waals surface area contributed by atoms with Crippen LogP contribution in [0.15, 0.2) is 12.7 Å². The van der Waals surface area contributed by atoms with Crippen molar-refractivity contribution in [2.24, 2.45) is 0 Å². The van der Waals surface area contributed by atoms with Gasteiger partial charge in [0.2, 0.25) is 0 Å². The predicted molar refractivity (Wildman–Crippen MR) is 65.4 cm³/mol. The SMILES string of the molecule is C=CC(I)CN1[C@@H]2CCC[C@H]1CC2. The monoisotopic (exact) mass is 291 g/mol. The highest BCUT2D eigenvalue weighted by Gasteiger charge is 2.36. The molecular formula is C11H18IN. The standard InChI is InChI=1S/C11H18IN/c1-2-9(12)8-13-10-4-3-5-11(13)7-6-10/h2,9-11H,1,3-8H2/t9?,10-,11+. The van der Waals surface area contributed by atoms with Crippen molar-refractivity contribution in [1.82, 2.24) is 4.90 Å². The molecule has 0 aromatic heterocycles. The van der Waals surface area contributed by atoms with Gasteiger partial charge >= 0.3 is 0 Å². The Morgan fingerprint density at radius 2 is 1.92 bits per heavy atom. The topological polar surface area (TPSA) is 3.24 Å². The minimum absolute atomic E-state index is 0.638. The number of fused-ring (bicyclic) bond motifs is 2. The van der Waals surface area contributed by atoms with Gasteiger partial charge in [-0.25, -0.2) is 0 Å². The fourth-order valence-corrected chi connectivity index (χ4v) is 3.25. The van der Waals surface area contributed by atoms with E-state index in [-0.39, 0.29) is 0 Å². The van der Waals surface area contributed by atoms with Crippen molar-refractivity contribution >= 4 is 22.6 Å². The van der Waals surface area contributed by atoms with Gasteiger partial charge in [0.25, 0.3) is 0 Å². The lowest BCUT2D eigenvalue weighted by Crippen LogP contribution is -2.42. The van der Waals surface area contributed by atoms with E-state index in [9.17, 15) is 0 Å². The summed E-state index contributed by atoms with van der Waals surface area (Å²) in [5, 5.41) is 0. The molecule has 2 fully saturated rings. The average Bonchev–Trinajstić information content (AvgIpc) is 2.41. The Kier molecular flexibility index (Phi) is 3.30. The zero-order valence-electron chi connectivity index (χ0n) is 8.08. The van der Waals surface area contributed by atoms with Crippen molar-refractivity contribution in [2.75, 3.05) is 6.54 Å². The van der Waals surface area contributed by atoms with Crippen LogP contribution >= 0.6 is 22.6 Å². The maximum Gasteiger partial charge on any atom is 0.0414 e. The first-order valence-electron chi connectivity index (χ1n) is 5.33. The van der Waals surface area contributed by atoms with E-state index in [0.29, 0.717) is 3.92 Å². The molecule has 2 heteroatoms. The third-order valence-electron chi connectivity index (χ3n) is 3.49. The fraction of sp³-hybridized carbons (Fsp3) is 0.818. The van der Waals surface area contributed by atoms with E-state index in [4.69, 9.17) is 0 Å². The summed E-state index contributed by atoms with van der Waals surface area (Å²) in [7, 11) is 0. The molecule has 74 valence electrons. The Hall–Kier alpha value is 0.430. The second-order valence-corrected chi connectivity index (χ2v) is 5.86. The Labute approximate surface area is 94.7 Å². The Bertz CT molecular complexity index is 177. The molecular weight excluding hydrogens is 273 g/mol. The minimum atomic E-state index is 0.638. The lowest BCUT2D eigenvalue weighted by atomic mass is 10.0. The van der Waals surface area contributed by atoms with Gasteiger partial charge in [-0.1, -0.05) is 35.1 Å². The van der Waals surface area contributed by atoms with E-state index >= 15 is 0 Å². The van der Waals surface area contributed by atoms with Gasteiger partial charge in [-0.2, -0.15) is 0 Å². The van der Waals surface area contributed by atoms with Crippen LogP contribution in [0.1, 0.15) is 32.1 Å². The summed E-state index contributed by atoms with van der Waals surface area (Å²) in [6, 6.07) is 1.83. The second-order valence-electron chi connectivity index (χ2n) is 4.26. The molecule has 2 aliphatic rings. The summed E-state index contributed by atoms with van der Waals surface area (Å²) in [4.78, 5) is 2.74. The van der Waals surface area contributed by atoms with Gasteiger partial charge in [-0.05, 0) is 25.7 Å². The number of piperidine rings is 1. The molecule has 0 spiro atoms. The van der Waals surface area contributed by atoms with E-state index in [2.05, 4.69) is 40.1 Å². The van der Waals surface area contributed by atoms with E-state index < -0.39 is 0 Å². The molecule has 0 amide bonds. The molecule has 0 aromatic carbocycles. The molecule has 2 heterocycles. The highest BCUT2D eigenvalue weighted by molar-refractivity contribution is 14.1. The number of halogens is 1. The summed E-state index contributed by atoms with van der Waals surface area (Å²) < 4.78 is 0.638. The Morgan fingerprint density at radius 3 is 2.46 bits per heavy atom. The lowest BCUT2D eigenvalue weighted by Gasteiger charge is -2.35. The van der Waals surface area contributed by atoms with Gasteiger partial charge in [0.1, 0.15) is 0 Å². The van der Waals surface area contributed by atoms with Crippen LogP contribution < -0.4 is 0 Å². The zero-order chi connectivity index (χ0) is 9.26. The highest BCUT2D eigenvalue weighted by atomic mass is 127. The minimum Gasteiger partial charge on any atom is -0.296 e. The smallest absolute Gasteiger partial charge is 0.0414 e. The van der Waals surface area contributed by atoms with Gasteiger partial charge in [0.05, 0.1) is 0 Å². The fourth-order valence-electron chi connectivity index (χ4n) is 2.80. The van der Waals surface area contributed by atoms with Gasteiger partial charge in [0, 0.05) is 22.6 Å². The van der Waals surface area contributed by atoms with Gasteiger partial charge in [0.15, 0.2) is 0 Å². The van der Waals surface area contributed by atoms with Gasteiger partial charge in [-0.3, -0.25) is 4.90 Å². The molecule has 0 aliphatic carbocycles. The van der Waals surface area contributed by atoms with Crippen LogP contribution in [0.25, 0.3) is 0 Å². The summed E-state index contributed by atoms with van der Waals surface area (Å²) >= 11 is 2.50. The molecule has 1 unspecified atom stereocenters. The third kappa shape index (κ3) is 2.09. The molecule has 2 bridgehead atoms. The average molecular weight is 291 g/mol. The van der Waals surface area contributed by atoms with Crippen molar-refractivity contribution in [2.45, 2.75) is 48.1 Å². The van der Waals surface area contributed by atoms with E-state index in [1.54, 1.807) is 0 Å². The Balaban J connectivity index is 1.95. The summed E-state index contributed by atoms with van der Waals surface area (Å²) in [6.45, 7) is 5.10. The molecule has 13 heavy (non-hydrogen) atoms. The van der Waals surface area contributed by atoms with Crippen molar-refractivity contribution < 1.29 is 0 Å². The van der Waals surface area contributed by atoms with Crippen LogP contribution in [0.3, 0.4) is 0 Å². The second kappa shape index (κ2) is 4.30. The van der Waals surface area contributed by atoms with Crippen molar-refractivity contribution in [1.29, 1.82) is 0 Å². The molecule has 0 saturated carbocycles. The number of nitrogens with zero attached hydrogens (tertiary/aromatic N) is 1. The molecule has 0 N–H and O–H groups in total. The first-order chi connectivity index (χ1) is 6.31. The van der Waals surface area contributed by atoms with Crippen molar-refractivity contribution in [3.63, 3.8) is 0 Å². The first kappa shape index (κ1) is 9.97. The molecule has 2 saturated heterocycles. The first-order valence-corrected chi connectivity index (χ1v) is 6.58. The number of rotatable bonds is 3. The van der Waals surface area contributed by atoms with Crippen LogP contribution in [0, 0.1) is 0 Å². The molecule has 2 aliphatic heterocycles. The quantitative estimate of drug-likeness (QED) is 0.439. The third-order valence-corrected chi connectivity index (χ3v) is 4.39. The largest absolute Gasteiger partial charge is 0.296 e. The highest BCUT2D eigenvalue weighted by Crippen LogP contribution is 2.35. The molecule has 0 radical (unpaired) electrons. The van der Waals surface area contributed by atoms with Gasteiger partial charge < -0.3 is 0 Å². The predicted octanol–water partition coefficient (Wildman–Crippen LogP) is 2.99. The summed E-state index contributed by atoms with van der Waals surface area (Å²) in [5.74, 6) is 0. The number of hydrogen-bond donors (Lipinski definition) is 0. The van der Waals surface area contributed by atoms with Gasteiger partial charge in [-0.15, -0.1) is 6.58 Å². The summed E-state index contributed by atoms with van der Waals surface area (Å²) in [5.41, 5.74) is 0. The van der Waals surface area contributed by atoms with Crippen LogP contribution in [0.2, 0.25) is 0 Å². The zero-order valence-corrected chi connectivity index (χ0v) is 10.2. The maximum atomic E-state index is 3.86.